The molecule has 0 aliphatic rings. The summed E-state index contributed by atoms with van der Waals surface area (Å²) >= 11 is 5.74. The molecule has 0 aliphatic heterocycles. The first kappa shape index (κ1) is 10.9. The molecule has 0 saturated heterocycles. The van der Waals surface area contributed by atoms with E-state index in [4.69, 9.17) is 16.3 Å². The minimum atomic E-state index is 0.145. The summed E-state index contributed by atoms with van der Waals surface area (Å²) in [4.78, 5) is 16.4. The normalized spacial score (nSPS) is 10.5. The van der Waals surface area contributed by atoms with Crippen molar-refractivity contribution in [2.24, 2.45) is 0 Å². The lowest BCUT2D eigenvalue weighted by atomic mass is 10.3. The summed E-state index contributed by atoms with van der Waals surface area (Å²) in [5, 5.41) is 0.314. The summed E-state index contributed by atoms with van der Waals surface area (Å²) in [6.45, 7) is 0. The summed E-state index contributed by atoms with van der Waals surface area (Å²) < 4.78 is 5.39. The molecule has 0 bridgehead atoms. The Balaban J connectivity index is 1.95. The van der Waals surface area contributed by atoms with E-state index in [1.807, 2.05) is 24.3 Å². The van der Waals surface area contributed by atoms with Gasteiger partial charge in [-0.15, -0.1) is 0 Å². The predicted octanol–water partition coefficient (Wildman–Crippen LogP) is 2.87. The van der Waals surface area contributed by atoms with E-state index in [1.165, 1.54) is 12.4 Å². The number of hydrogen-bond donors (Lipinski definition) is 0. The van der Waals surface area contributed by atoms with Crippen molar-refractivity contribution in [3.8, 4) is 11.9 Å². The average Bonchev–Trinajstić information content (AvgIpc) is 2.39. The van der Waals surface area contributed by atoms with Gasteiger partial charge in [0, 0.05) is 6.20 Å². The molecule has 6 heteroatoms. The molecule has 0 atom stereocenters. The number of halogens is 1. The van der Waals surface area contributed by atoms with Gasteiger partial charge in [0.25, 0.3) is 0 Å². The zero-order valence-electron chi connectivity index (χ0n) is 9.12. The van der Waals surface area contributed by atoms with Crippen LogP contribution in [-0.4, -0.2) is 19.9 Å². The van der Waals surface area contributed by atoms with Crippen LogP contribution in [0.3, 0.4) is 0 Å². The van der Waals surface area contributed by atoms with Crippen LogP contribution in [0, 0.1) is 0 Å². The fourth-order valence-corrected chi connectivity index (χ4v) is 1.58. The molecule has 3 rings (SSSR count). The molecule has 88 valence electrons. The fourth-order valence-electron chi connectivity index (χ4n) is 1.45. The first-order valence-corrected chi connectivity index (χ1v) is 5.57. The van der Waals surface area contributed by atoms with Gasteiger partial charge in [0.2, 0.25) is 5.88 Å². The minimum Gasteiger partial charge on any atom is -0.403 e. The van der Waals surface area contributed by atoms with Gasteiger partial charge in [-0.1, -0.05) is 23.7 Å². The number of rotatable bonds is 2. The molecule has 0 unspecified atom stereocenters. The van der Waals surface area contributed by atoms with Gasteiger partial charge in [0.1, 0.15) is 5.15 Å². The van der Waals surface area contributed by atoms with E-state index in [0.717, 1.165) is 11.0 Å². The van der Waals surface area contributed by atoms with Gasteiger partial charge in [0.05, 0.1) is 17.2 Å². The molecule has 18 heavy (non-hydrogen) atoms. The van der Waals surface area contributed by atoms with Crippen molar-refractivity contribution in [1.82, 2.24) is 19.9 Å². The standard InChI is InChI=1S/C12H7ClN4O/c13-10-5-6-14-12(17-10)18-11-7-15-8-3-1-2-4-9(8)16-11/h1-7H. The van der Waals surface area contributed by atoms with Crippen molar-refractivity contribution in [3.63, 3.8) is 0 Å². The highest BCUT2D eigenvalue weighted by Crippen LogP contribution is 2.18. The Hall–Kier alpha value is -2.27. The van der Waals surface area contributed by atoms with Crippen LogP contribution in [-0.2, 0) is 0 Å². The van der Waals surface area contributed by atoms with Gasteiger partial charge < -0.3 is 4.74 Å². The number of aromatic nitrogens is 4. The van der Waals surface area contributed by atoms with Gasteiger partial charge in [0.15, 0.2) is 0 Å². The third-order valence-electron chi connectivity index (χ3n) is 2.22. The quantitative estimate of drug-likeness (QED) is 0.662. The van der Waals surface area contributed by atoms with Crippen molar-refractivity contribution in [3.05, 3.63) is 47.9 Å². The number of fused-ring (bicyclic) bond motifs is 1. The largest absolute Gasteiger partial charge is 0.403 e. The number of para-hydroxylation sites is 2. The van der Waals surface area contributed by atoms with Crippen molar-refractivity contribution in [1.29, 1.82) is 0 Å². The first-order chi connectivity index (χ1) is 8.81. The fraction of sp³-hybridized carbons (Fsp3) is 0. The molecule has 0 fully saturated rings. The maximum atomic E-state index is 5.74. The summed E-state index contributed by atoms with van der Waals surface area (Å²) in [6, 6.07) is 9.23. The van der Waals surface area contributed by atoms with E-state index in [-0.39, 0.29) is 6.01 Å². The Labute approximate surface area is 107 Å². The Morgan fingerprint density at radius 1 is 0.944 bits per heavy atom. The van der Waals surface area contributed by atoms with Crippen LogP contribution in [0.15, 0.2) is 42.7 Å². The number of benzene rings is 1. The molecule has 2 heterocycles. The van der Waals surface area contributed by atoms with E-state index in [2.05, 4.69) is 19.9 Å². The SMILES string of the molecule is Clc1ccnc(Oc2cnc3ccccc3n2)n1. The lowest BCUT2D eigenvalue weighted by Gasteiger charge is -2.03. The molecular formula is C12H7ClN4O. The summed E-state index contributed by atoms with van der Waals surface area (Å²) in [5.41, 5.74) is 1.55. The maximum Gasteiger partial charge on any atom is 0.324 e. The summed E-state index contributed by atoms with van der Waals surface area (Å²) in [7, 11) is 0. The number of hydrogen-bond acceptors (Lipinski definition) is 5. The predicted molar refractivity (Wildman–Crippen MR) is 66.7 cm³/mol. The van der Waals surface area contributed by atoms with Crippen LogP contribution in [0.4, 0.5) is 0 Å². The zero-order chi connectivity index (χ0) is 12.4. The van der Waals surface area contributed by atoms with Crippen molar-refractivity contribution >= 4 is 22.6 Å². The van der Waals surface area contributed by atoms with Gasteiger partial charge >= 0.3 is 6.01 Å². The lowest BCUT2D eigenvalue weighted by Crippen LogP contribution is -1.94. The van der Waals surface area contributed by atoms with Crippen molar-refractivity contribution < 1.29 is 4.74 Å². The van der Waals surface area contributed by atoms with Crippen LogP contribution in [0.1, 0.15) is 0 Å². The van der Waals surface area contributed by atoms with Crippen LogP contribution < -0.4 is 4.74 Å². The maximum absolute atomic E-state index is 5.74. The van der Waals surface area contributed by atoms with Crippen molar-refractivity contribution in [2.45, 2.75) is 0 Å². The third kappa shape index (κ3) is 2.21. The Morgan fingerprint density at radius 2 is 1.78 bits per heavy atom. The highest BCUT2D eigenvalue weighted by molar-refractivity contribution is 6.29. The number of nitrogens with zero attached hydrogens (tertiary/aromatic N) is 4. The van der Waals surface area contributed by atoms with Crippen LogP contribution in [0.5, 0.6) is 11.9 Å². The summed E-state index contributed by atoms with van der Waals surface area (Å²) in [5.74, 6) is 0.330. The minimum absolute atomic E-state index is 0.145. The first-order valence-electron chi connectivity index (χ1n) is 5.19. The second kappa shape index (κ2) is 4.54. The van der Waals surface area contributed by atoms with Crippen LogP contribution in [0.2, 0.25) is 5.15 Å². The molecule has 3 aromatic rings. The molecule has 0 N–H and O–H groups in total. The molecule has 0 amide bonds. The van der Waals surface area contributed by atoms with E-state index in [9.17, 15) is 0 Å². The molecule has 0 spiro atoms. The zero-order valence-corrected chi connectivity index (χ0v) is 9.87. The lowest BCUT2D eigenvalue weighted by molar-refractivity contribution is 0.425. The van der Waals surface area contributed by atoms with E-state index < -0.39 is 0 Å². The van der Waals surface area contributed by atoms with Gasteiger partial charge in [-0.25, -0.2) is 15.0 Å². The molecule has 1 aromatic carbocycles. The van der Waals surface area contributed by atoms with Gasteiger partial charge in [-0.3, -0.25) is 0 Å². The summed E-state index contributed by atoms with van der Waals surface area (Å²) in [6.07, 6.45) is 3.03. The third-order valence-corrected chi connectivity index (χ3v) is 2.43. The van der Waals surface area contributed by atoms with Crippen molar-refractivity contribution in [2.75, 3.05) is 0 Å². The van der Waals surface area contributed by atoms with Crippen LogP contribution >= 0.6 is 11.6 Å². The molecule has 0 radical (unpaired) electrons. The second-order valence-corrected chi connectivity index (χ2v) is 3.85. The monoisotopic (exact) mass is 258 g/mol. The Kier molecular flexibility index (Phi) is 2.74. The van der Waals surface area contributed by atoms with Crippen LogP contribution in [0.25, 0.3) is 11.0 Å². The smallest absolute Gasteiger partial charge is 0.324 e. The highest BCUT2D eigenvalue weighted by Gasteiger charge is 2.04. The molecule has 0 aliphatic carbocycles. The highest BCUT2D eigenvalue weighted by atomic mass is 35.5. The molecule has 2 aromatic heterocycles. The average molecular weight is 259 g/mol. The Bertz CT molecular complexity index is 704. The molecule has 0 saturated carbocycles. The molecule has 5 nitrogen and oxygen atoms in total. The van der Waals surface area contributed by atoms with E-state index >= 15 is 0 Å². The van der Waals surface area contributed by atoms with Gasteiger partial charge in [-0.2, -0.15) is 4.98 Å². The van der Waals surface area contributed by atoms with E-state index in [0.29, 0.717) is 11.0 Å². The van der Waals surface area contributed by atoms with Gasteiger partial charge in [-0.05, 0) is 18.2 Å². The van der Waals surface area contributed by atoms with E-state index in [1.54, 1.807) is 6.07 Å². The molecular weight excluding hydrogens is 252 g/mol. The topological polar surface area (TPSA) is 60.8 Å². The second-order valence-electron chi connectivity index (χ2n) is 3.46. The number of ether oxygens (including phenoxy) is 1. The Morgan fingerprint density at radius 3 is 2.61 bits per heavy atom.